The predicted molar refractivity (Wildman–Crippen MR) is 67.1 cm³/mol. The van der Waals surface area contributed by atoms with Crippen LogP contribution >= 0.6 is 11.3 Å². The number of carbonyl (C=O) groups is 1. The number of aromatic nitrogens is 2. The molecule has 0 aliphatic carbocycles. The molecular weight excluding hydrogens is 252 g/mol. The minimum absolute atomic E-state index is 0.0262. The molecule has 0 atom stereocenters. The monoisotopic (exact) mass is 264 g/mol. The molecule has 18 heavy (non-hydrogen) atoms. The van der Waals surface area contributed by atoms with Crippen molar-refractivity contribution in [1.82, 2.24) is 9.97 Å². The number of carbonyl (C=O) groups excluding carboxylic acids is 1. The van der Waals surface area contributed by atoms with Gasteiger partial charge in [-0.15, -0.1) is 11.3 Å². The Bertz CT molecular complexity index is 513. The molecule has 2 heterocycles. The van der Waals surface area contributed by atoms with Gasteiger partial charge in [-0.2, -0.15) is 0 Å². The average Bonchev–Trinajstić information content (AvgIpc) is 2.86. The number of pyridine rings is 1. The number of nitrogens with zero attached hydrogens (tertiary/aromatic N) is 2. The summed E-state index contributed by atoms with van der Waals surface area (Å²) in [5, 5.41) is 11.2. The molecule has 0 saturated carbocycles. The van der Waals surface area contributed by atoms with Crippen molar-refractivity contribution < 1.29 is 14.6 Å². The Labute approximate surface area is 108 Å². The minimum atomic E-state index is -0.382. The normalized spacial score (nSPS) is 10.3. The van der Waals surface area contributed by atoms with E-state index in [1.165, 1.54) is 11.3 Å². The summed E-state index contributed by atoms with van der Waals surface area (Å²) in [6.45, 7) is -0.137. The molecule has 0 unspecified atom stereocenters. The Balaban J connectivity index is 2.00. The van der Waals surface area contributed by atoms with Gasteiger partial charge in [-0.1, -0.05) is 0 Å². The van der Waals surface area contributed by atoms with E-state index < -0.39 is 0 Å². The summed E-state index contributed by atoms with van der Waals surface area (Å²) in [6.07, 6.45) is 3.55. The van der Waals surface area contributed by atoms with Gasteiger partial charge in [-0.3, -0.25) is 9.78 Å². The quantitative estimate of drug-likeness (QED) is 0.824. The third-order valence-electron chi connectivity index (χ3n) is 2.14. The molecule has 0 saturated heterocycles. The van der Waals surface area contributed by atoms with Crippen LogP contribution in [0.4, 0.5) is 0 Å². The fraction of sp³-hybridized carbons (Fsp3) is 0.250. The van der Waals surface area contributed by atoms with Gasteiger partial charge >= 0.3 is 5.97 Å². The van der Waals surface area contributed by atoms with Crippen LogP contribution in [-0.2, 0) is 16.0 Å². The van der Waals surface area contributed by atoms with Crippen molar-refractivity contribution in [3.63, 3.8) is 0 Å². The highest BCUT2D eigenvalue weighted by atomic mass is 32.1. The van der Waals surface area contributed by atoms with Gasteiger partial charge in [-0.25, -0.2) is 4.98 Å². The maximum Gasteiger partial charge on any atom is 0.311 e. The van der Waals surface area contributed by atoms with E-state index in [0.29, 0.717) is 5.69 Å². The van der Waals surface area contributed by atoms with Crippen LogP contribution in [-0.4, -0.2) is 34.3 Å². The van der Waals surface area contributed by atoms with Crippen molar-refractivity contribution in [1.29, 1.82) is 0 Å². The summed E-state index contributed by atoms with van der Waals surface area (Å²) in [4.78, 5) is 19.7. The third-order valence-corrected chi connectivity index (χ3v) is 3.08. The van der Waals surface area contributed by atoms with Gasteiger partial charge in [0.2, 0.25) is 0 Å². The molecule has 0 bridgehead atoms. The Morgan fingerprint density at radius 1 is 1.50 bits per heavy atom. The summed E-state index contributed by atoms with van der Waals surface area (Å²) >= 11 is 1.46. The first-order chi connectivity index (χ1) is 8.79. The largest absolute Gasteiger partial charge is 0.463 e. The molecule has 2 rings (SSSR count). The smallest absolute Gasteiger partial charge is 0.311 e. The summed E-state index contributed by atoms with van der Waals surface area (Å²) in [5.74, 6) is -0.382. The van der Waals surface area contributed by atoms with E-state index in [-0.39, 0.29) is 25.6 Å². The molecule has 2 aromatic rings. The van der Waals surface area contributed by atoms with Crippen molar-refractivity contribution >= 4 is 17.3 Å². The zero-order chi connectivity index (χ0) is 12.8. The first kappa shape index (κ1) is 12.7. The highest BCUT2D eigenvalue weighted by Crippen LogP contribution is 2.22. The lowest BCUT2D eigenvalue weighted by atomic mass is 10.3. The number of thiazole rings is 1. The number of aliphatic hydroxyl groups is 1. The van der Waals surface area contributed by atoms with Crippen molar-refractivity contribution in [2.24, 2.45) is 0 Å². The predicted octanol–water partition coefficient (Wildman–Crippen LogP) is 1.28. The first-order valence-electron chi connectivity index (χ1n) is 5.41. The van der Waals surface area contributed by atoms with Gasteiger partial charge in [0.05, 0.1) is 18.7 Å². The van der Waals surface area contributed by atoms with Crippen molar-refractivity contribution in [2.45, 2.75) is 6.42 Å². The van der Waals surface area contributed by atoms with Crippen LogP contribution in [0, 0.1) is 0 Å². The Morgan fingerprint density at radius 2 is 2.39 bits per heavy atom. The Hall–Kier alpha value is -1.79. The van der Waals surface area contributed by atoms with E-state index in [1.54, 1.807) is 12.4 Å². The zero-order valence-electron chi connectivity index (χ0n) is 9.57. The molecule has 2 aromatic heterocycles. The molecule has 1 N–H and O–H groups in total. The Kier molecular flexibility index (Phi) is 4.38. The van der Waals surface area contributed by atoms with Crippen molar-refractivity contribution in [3.05, 3.63) is 35.6 Å². The molecule has 0 fully saturated rings. The number of rotatable bonds is 5. The number of esters is 1. The fourth-order valence-corrected chi connectivity index (χ4v) is 2.18. The van der Waals surface area contributed by atoms with E-state index in [9.17, 15) is 4.79 Å². The van der Waals surface area contributed by atoms with E-state index in [2.05, 4.69) is 9.97 Å². The van der Waals surface area contributed by atoms with E-state index in [0.717, 1.165) is 10.6 Å². The van der Waals surface area contributed by atoms with Crippen LogP contribution in [0.25, 0.3) is 10.6 Å². The highest BCUT2D eigenvalue weighted by molar-refractivity contribution is 7.13. The summed E-state index contributed by atoms with van der Waals surface area (Å²) < 4.78 is 4.77. The molecule has 0 aromatic carbocycles. The maximum atomic E-state index is 11.3. The van der Waals surface area contributed by atoms with Crippen LogP contribution in [0.1, 0.15) is 5.69 Å². The number of aliphatic hydroxyl groups excluding tert-OH is 1. The van der Waals surface area contributed by atoms with E-state index >= 15 is 0 Å². The topological polar surface area (TPSA) is 72.3 Å². The van der Waals surface area contributed by atoms with Crippen LogP contribution in [0.15, 0.2) is 29.9 Å². The molecule has 94 valence electrons. The molecular formula is C12H12N2O3S. The van der Waals surface area contributed by atoms with Crippen LogP contribution in [0.5, 0.6) is 0 Å². The zero-order valence-corrected chi connectivity index (χ0v) is 10.4. The lowest BCUT2D eigenvalue weighted by Gasteiger charge is -1.99. The molecule has 6 heteroatoms. The summed E-state index contributed by atoms with van der Waals surface area (Å²) in [6, 6.07) is 3.76. The minimum Gasteiger partial charge on any atom is -0.463 e. The van der Waals surface area contributed by atoms with E-state index in [4.69, 9.17) is 9.84 Å². The summed E-state index contributed by atoms with van der Waals surface area (Å²) in [7, 11) is 0. The lowest BCUT2D eigenvalue weighted by Crippen LogP contribution is -2.11. The molecule has 0 amide bonds. The first-order valence-corrected chi connectivity index (χ1v) is 6.29. The van der Waals surface area contributed by atoms with Gasteiger partial charge in [0.15, 0.2) is 0 Å². The summed E-state index contributed by atoms with van der Waals surface area (Å²) in [5.41, 5.74) is 1.60. The van der Waals surface area contributed by atoms with E-state index in [1.807, 2.05) is 17.5 Å². The standard InChI is InChI=1S/C12H12N2O3S/c15-4-5-17-11(16)6-10-8-18-12(14-10)9-2-1-3-13-7-9/h1-3,7-8,15H,4-6H2. The average molecular weight is 264 g/mol. The fourth-order valence-electron chi connectivity index (χ4n) is 1.37. The van der Waals surface area contributed by atoms with Gasteiger partial charge in [0.1, 0.15) is 11.6 Å². The number of ether oxygens (including phenoxy) is 1. The second-order valence-corrected chi connectivity index (χ2v) is 4.36. The highest BCUT2D eigenvalue weighted by Gasteiger charge is 2.09. The van der Waals surface area contributed by atoms with Crippen LogP contribution in [0.3, 0.4) is 0 Å². The number of hydrogen-bond acceptors (Lipinski definition) is 6. The molecule has 0 spiro atoms. The molecule has 0 radical (unpaired) electrons. The van der Waals surface area contributed by atoms with Crippen molar-refractivity contribution in [2.75, 3.05) is 13.2 Å². The Morgan fingerprint density at radius 3 is 3.11 bits per heavy atom. The van der Waals surface area contributed by atoms with Gasteiger partial charge in [-0.05, 0) is 12.1 Å². The van der Waals surface area contributed by atoms with Crippen LogP contribution < -0.4 is 0 Å². The van der Waals surface area contributed by atoms with Gasteiger partial charge in [0.25, 0.3) is 0 Å². The van der Waals surface area contributed by atoms with Gasteiger partial charge < -0.3 is 9.84 Å². The lowest BCUT2D eigenvalue weighted by molar-refractivity contribution is -0.143. The molecule has 0 aliphatic heterocycles. The van der Waals surface area contributed by atoms with Crippen LogP contribution in [0.2, 0.25) is 0 Å². The second kappa shape index (κ2) is 6.23. The number of hydrogen-bond donors (Lipinski definition) is 1. The molecule has 0 aliphatic rings. The van der Waals surface area contributed by atoms with Crippen molar-refractivity contribution in [3.8, 4) is 10.6 Å². The van der Waals surface area contributed by atoms with Gasteiger partial charge in [0, 0.05) is 23.3 Å². The maximum absolute atomic E-state index is 11.3. The second-order valence-electron chi connectivity index (χ2n) is 3.51. The molecule has 5 nitrogen and oxygen atoms in total. The third kappa shape index (κ3) is 3.35. The SMILES string of the molecule is O=C(Cc1csc(-c2cccnc2)n1)OCCO.